The van der Waals surface area contributed by atoms with Crippen LogP contribution in [-0.2, 0) is 17.1 Å². The number of hydrogen-bond acceptors (Lipinski definition) is 4. The van der Waals surface area contributed by atoms with E-state index >= 15 is 0 Å². The second-order valence-corrected chi connectivity index (χ2v) is 9.32. The van der Waals surface area contributed by atoms with Gasteiger partial charge in [0.05, 0.1) is 11.4 Å². The Morgan fingerprint density at radius 1 is 1.17 bits per heavy atom. The van der Waals surface area contributed by atoms with Crippen LogP contribution < -0.4 is 0 Å². The van der Waals surface area contributed by atoms with E-state index in [-0.39, 0.29) is 16.6 Å². The molecule has 1 aliphatic rings. The van der Waals surface area contributed by atoms with E-state index in [0.29, 0.717) is 30.0 Å². The third-order valence-corrected chi connectivity index (χ3v) is 7.25. The van der Waals surface area contributed by atoms with Gasteiger partial charge in [-0.1, -0.05) is 18.2 Å². The minimum Gasteiger partial charge on any atom is -0.274 e. The number of hydrogen-bond donors (Lipinski definition) is 0. The van der Waals surface area contributed by atoms with Crippen LogP contribution in [0.25, 0.3) is 11.3 Å². The van der Waals surface area contributed by atoms with Gasteiger partial charge in [0.15, 0.2) is 0 Å². The summed E-state index contributed by atoms with van der Waals surface area (Å²) in [7, 11) is -1.89. The maximum atomic E-state index is 13.6. The van der Waals surface area contributed by atoms with Gasteiger partial charge in [-0.15, -0.1) is 0 Å². The van der Waals surface area contributed by atoms with Crippen molar-refractivity contribution < 1.29 is 12.8 Å². The Hall–Kier alpha value is -2.58. The number of sulfonamides is 1. The molecule has 1 fully saturated rings. The summed E-state index contributed by atoms with van der Waals surface area (Å²) in [5, 5.41) is 4.17. The highest BCUT2D eigenvalue weighted by Gasteiger charge is 2.33. The first kappa shape index (κ1) is 19.7. The second-order valence-electron chi connectivity index (χ2n) is 7.41. The van der Waals surface area contributed by atoms with Crippen molar-refractivity contribution >= 4 is 10.0 Å². The zero-order valence-corrected chi connectivity index (χ0v) is 17.2. The van der Waals surface area contributed by atoms with E-state index in [4.69, 9.17) is 4.98 Å². The second kappa shape index (κ2) is 7.68. The van der Waals surface area contributed by atoms with Crippen LogP contribution in [0.5, 0.6) is 0 Å². The molecule has 1 atom stereocenters. The molecule has 2 aromatic heterocycles. The molecule has 0 N–H and O–H groups in total. The Bertz CT molecular complexity index is 1140. The fourth-order valence-electron chi connectivity index (χ4n) is 3.86. The van der Waals surface area contributed by atoms with Gasteiger partial charge in [0.25, 0.3) is 0 Å². The predicted octanol–water partition coefficient (Wildman–Crippen LogP) is 3.50. The van der Waals surface area contributed by atoms with E-state index in [2.05, 4.69) is 5.10 Å². The van der Waals surface area contributed by atoms with E-state index in [9.17, 15) is 12.8 Å². The van der Waals surface area contributed by atoms with Gasteiger partial charge in [0, 0.05) is 43.5 Å². The lowest BCUT2D eigenvalue weighted by Crippen LogP contribution is -2.39. The molecule has 1 saturated heterocycles. The van der Waals surface area contributed by atoms with Crippen molar-refractivity contribution in [2.24, 2.45) is 7.05 Å². The molecular formula is C21H23FN4O2S. The van der Waals surface area contributed by atoms with Crippen molar-refractivity contribution in [3.8, 4) is 11.3 Å². The topological polar surface area (TPSA) is 68.1 Å². The van der Waals surface area contributed by atoms with Crippen LogP contribution in [0, 0.1) is 12.7 Å². The first-order chi connectivity index (χ1) is 13.8. The maximum absolute atomic E-state index is 13.6. The largest absolute Gasteiger partial charge is 0.274 e. The lowest BCUT2D eigenvalue weighted by Gasteiger charge is -2.31. The Morgan fingerprint density at radius 2 is 1.97 bits per heavy atom. The molecule has 0 bridgehead atoms. The molecule has 0 spiro atoms. The van der Waals surface area contributed by atoms with Crippen LogP contribution in [0.15, 0.2) is 53.6 Å². The summed E-state index contributed by atoms with van der Waals surface area (Å²) in [6.45, 7) is 2.56. The van der Waals surface area contributed by atoms with Gasteiger partial charge in [-0.3, -0.25) is 9.67 Å². The van der Waals surface area contributed by atoms with Gasteiger partial charge >= 0.3 is 0 Å². The molecule has 3 heterocycles. The zero-order chi connectivity index (χ0) is 20.6. The fourth-order valence-corrected chi connectivity index (χ4v) is 5.58. The molecule has 0 radical (unpaired) electrons. The summed E-state index contributed by atoms with van der Waals surface area (Å²) < 4.78 is 42.9. The van der Waals surface area contributed by atoms with Gasteiger partial charge in [-0.05, 0) is 44.0 Å². The Labute approximate surface area is 170 Å². The van der Waals surface area contributed by atoms with Crippen LogP contribution in [0.2, 0.25) is 0 Å². The van der Waals surface area contributed by atoms with E-state index in [0.717, 1.165) is 18.5 Å². The van der Waals surface area contributed by atoms with Gasteiger partial charge in [0.2, 0.25) is 10.0 Å². The molecule has 8 heteroatoms. The SMILES string of the molecule is Cc1nn(C)cc1S(=O)(=O)N1CCC[C@@H](c2cccc(-c3cccc(F)c3)n2)C1. The first-order valence-corrected chi connectivity index (χ1v) is 11.0. The summed E-state index contributed by atoms with van der Waals surface area (Å²) in [6.07, 6.45) is 3.17. The minimum atomic E-state index is -3.61. The number of halogens is 1. The summed E-state index contributed by atoms with van der Waals surface area (Å²) in [5.41, 5.74) is 2.72. The van der Waals surface area contributed by atoms with E-state index in [1.54, 1.807) is 26.2 Å². The molecule has 0 saturated carbocycles. The Kier molecular flexibility index (Phi) is 5.23. The van der Waals surface area contributed by atoms with Crippen molar-refractivity contribution in [1.29, 1.82) is 0 Å². The highest BCUT2D eigenvalue weighted by atomic mass is 32.2. The molecule has 152 valence electrons. The number of nitrogens with zero attached hydrogens (tertiary/aromatic N) is 4. The lowest BCUT2D eigenvalue weighted by atomic mass is 9.95. The molecule has 1 aromatic carbocycles. The van der Waals surface area contributed by atoms with Crippen LogP contribution in [0.4, 0.5) is 4.39 Å². The van der Waals surface area contributed by atoms with Crippen LogP contribution in [0.3, 0.4) is 0 Å². The smallest absolute Gasteiger partial charge is 0.246 e. The van der Waals surface area contributed by atoms with Crippen LogP contribution in [0.1, 0.15) is 30.1 Å². The number of rotatable bonds is 4. The van der Waals surface area contributed by atoms with Crippen LogP contribution >= 0.6 is 0 Å². The molecule has 29 heavy (non-hydrogen) atoms. The minimum absolute atomic E-state index is 0.0102. The molecule has 6 nitrogen and oxygen atoms in total. The first-order valence-electron chi connectivity index (χ1n) is 9.58. The highest BCUT2D eigenvalue weighted by Crippen LogP contribution is 2.31. The van der Waals surface area contributed by atoms with Gasteiger partial charge < -0.3 is 0 Å². The van der Waals surface area contributed by atoms with E-state index in [1.807, 2.05) is 24.3 Å². The van der Waals surface area contributed by atoms with Gasteiger partial charge in [-0.25, -0.2) is 12.8 Å². The molecule has 1 aliphatic heterocycles. The average molecular weight is 415 g/mol. The Morgan fingerprint density at radius 3 is 2.69 bits per heavy atom. The number of benzene rings is 1. The third-order valence-electron chi connectivity index (χ3n) is 5.28. The molecule has 4 rings (SSSR count). The quantitative estimate of drug-likeness (QED) is 0.655. The van der Waals surface area contributed by atoms with Gasteiger partial charge in [-0.2, -0.15) is 9.40 Å². The maximum Gasteiger partial charge on any atom is 0.246 e. The Balaban J connectivity index is 1.61. The molecule has 3 aromatic rings. The third kappa shape index (κ3) is 3.95. The molecule has 0 unspecified atom stereocenters. The van der Waals surface area contributed by atoms with Crippen molar-refractivity contribution in [2.45, 2.75) is 30.6 Å². The van der Waals surface area contributed by atoms with Crippen molar-refractivity contribution in [1.82, 2.24) is 19.1 Å². The fraction of sp³-hybridized carbons (Fsp3) is 0.333. The van der Waals surface area contributed by atoms with Crippen molar-refractivity contribution in [3.05, 3.63) is 65.9 Å². The number of piperidine rings is 1. The normalized spacial score (nSPS) is 18.1. The van der Waals surface area contributed by atoms with E-state index < -0.39 is 10.0 Å². The van der Waals surface area contributed by atoms with Gasteiger partial charge in [0.1, 0.15) is 10.7 Å². The van der Waals surface area contributed by atoms with Crippen molar-refractivity contribution in [3.63, 3.8) is 0 Å². The molecule has 0 amide bonds. The van der Waals surface area contributed by atoms with E-state index in [1.165, 1.54) is 21.1 Å². The summed E-state index contributed by atoms with van der Waals surface area (Å²) in [6, 6.07) is 12.0. The van der Waals surface area contributed by atoms with Crippen molar-refractivity contribution in [2.75, 3.05) is 13.1 Å². The average Bonchev–Trinajstić information content (AvgIpc) is 3.07. The number of pyridine rings is 1. The monoisotopic (exact) mass is 414 g/mol. The highest BCUT2D eigenvalue weighted by molar-refractivity contribution is 7.89. The van der Waals surface area contributed by atoms with Crippen LogP contribution in [-0.4, -0.2) is 40.6 Å². The summed E-state index contributed by atoms with van der Waals surface area (Å²) in [5.74, 6) is -0.319. The molecular weight excluding hydrogens is 391 g/mol. The summed E-state index contributed by atoms with van der Waals surface area (Å²) >= 11 is 0. The molecule has 0 aliphatic carbocycles. The standard InChI is InChI=1S/C21H23FN4O2S/c1-15-21(14-25(2)24-15)29(27,28)26-11-5-7-17(13-26)20-10-4-9-19(23-20)16-6-3-8-18(22)12-16/h3-4,6,8-10,12,14,17H,5,7,11,13H2,1-2H3/t17-/m1/s1. The summed E-state index contributed by atoms with van der Waals surface area (Å²) in [4.78, 5) is 4.97. The predicted molar refractivity (Wildman–Crippen MR) is 108 cm³/mol. The zero-order valence-electron chi connectivity index (χ0n) is 16.4. The lowest BCUT2D eigenvalue weighted by molar-refractivity contribution is 0.312. The number of aromatic nitrogens is 3. The number of aryl methyl sites for hydroxylation is 2.